The number of carbonyl (C=O) groups excluding carboxylic acids is 1. The van der Waals surface area contributed by atoms with E-state index in [1.54, 1.807) is 36.4 Å². The molecule has 7 nitrogen and oxygen atoms in total. The molecule has 0 saturated heterocycles. The first kappa shape index (κ1) is 20.3. The van der Waals surface area contributed by atoms with Gasteiger partial charge in [-0.1, -0.05) is 48.0 Å². The topological polar surface area (TPSA) is 99.1 Å². The van der Waals surface area contributed by atoms with Crippen molar-refractivity contribution in [3.05, 3.63) is 71.8 Å². The van der Waals surface area contributed by atoms with Crippen LogP contribution in [-0.4, -0.2) is 38.4 Å². The van der Waals surface area contributed by atoms with E-state index in [1.807, 2.05) is 31.2 Å². The Kier molecular flexibility index (Phi) is 5.84. The molecule has 150 valence electrons. The summed E-state index contributed by atoms with van der Waals surface area (Å²) in [6, 6.07) is 17.6. The van der Waals surface area contributed by atoms with E-state index in [1.165, 1.54) is 6.21 Å². The second-order valence-electron chi connectivity index (χ2n) is 6.62. The summed E-state index contributed by atoms with van der Waals surface area (Å²) >= 11 is 0. The fourth-order valence-corrected chi connectivity index (χ4v) is 3.72. The number of hydrogen-bond acceptors (Lipinski definition) is 5. The van der Waals surface area contributed by atoms with Gasteiger partial charge in [-0.3, -0.25) is 9.10 Å². The van der Waals surface area contributed by atoms with E-state index in [4.69, 9.17) is 0 Å². The molecule has 29 heavy (non-hydrogen) atoms. The number of nitrogens with one attached hydrogen (secondary N) is 1. The standard InChI is InChI=1S/C21H21N3O4S/c1-15-7-10-17(11-8-15)24(29(2,27)28)14-21(26)23-22-13-19-18-6-4-3-5-16(18)9-12-20(19)25/h3-13,25H,14H2,1-2H3,(H,23,26)/b22-13-. The minimum absolute atomic E-state index is 0.0270. The Morgan fingerprint density at radius 3 is 2.48 bits per heavy atom. The maximum Gasteiger partial charge on any atom is 0.260 e. The van der Waals surface area contributed by atoms with Gasteiger partial charge in [-0.15, -0.1) is 0 Å². The molecule has 3 rings (SSSR count). The highest BCUT2D eigenvalue weighted by atomic mass is 32.2. The summed E-state index contributed by atoms with van der Waals surface area (Å²) in [6.45, 7) is 1.47. The van der Waals surface area contributed by atoms with Crippen molar-refractivity contribution in [3.8, 4) is 5.75 Å². The lowest BCUT2D eigenvalue weighted by molar-refractivity contribution is -0.119. The lowest BCUT2D eigenvalue weighted by atomic mass is 10.0. The van der Waals surface area contributed by atoms with Crippen LogP contribution in [-0.2, 0) is 14.8 Å². The fraction of sp³-hybridized carbons (Fsp3) is 0.143. The zero-order valence-corrected chi connectivity index (χ0v) is 16.8. The number of carbonyl (C=O) groups is 1. The van der Waals surface area contributed by atoms with Gasteiger partial charge in [0.25, 0.3) is 5.91 Å². The third kappa shape index (κ3) is 4.91. The second kappa shape index (κ2) is 8.32. The summed E-state index contributed by atoms with van der Waals surface area (Å²) in [6.07, 6.45) is 2.38. The molecule has 0 aliphatic heterocycles. The molecular weight excluding hydrogens is 390 g/mol. The van der Waals surface area contributed by atoms with Crippen LogP contribution >= 0.6 is 0 Å². The fourth-order valence-electron chi connectivity index (χ4n) is 2.87. The number of rotatable bonds is 6. The third-order valence-corrected chi connectivity index (χ3v) is 5.48. The molecule has 8 heteroatoms. The maximum absolute atomic E-state index is 12.3. The van der Waals surface area contributed by atoms with Crippen molar-refractivity contribution in [2.75, 3.05) is 17.1 Å². The Hall–Kier alpha value is -3.39. The monoisotopic (exact) mass is 411 g/mol. The molecule has 0 radical (unpaired) electrons. The molecule has 2 N–H and O–H groups in total. The number of anilines is 1. The Labute approximate surface area is 169 Å². The van der Waals surface area contributed by atoms with E-state index in [-0.39, 0.29) is 5.75 Å². The molecule has 1 amide bonds. The van der Waals surface area contributed by atoms with Crippen molar-refractivity contribution in [3.63, 3.8) is 0 Å². The number of aromatic hydroxyl groups is 1. The molecule has 0 bridgehead atoms. The van der Waals surface area contributed by atoms with Crippen molar-refractivity contribution in [1.82, 2.24) is 5.43 Å². The first-order valence-electron chi connectivity index (χ1n) is 8.83. The maximum atomic E-state index is 12.3. The zero-order chi connectivity index (χ0) is 21.0. The highest BCUT2D eigenvalue weighted by molar-refractivity contribution is 7.92. The summed E-state index contributed by atoms with van der Waals surface area (Å²) in [4.78, 5) is 12.3. The van der Waals surface area contributed by atoms with Crippen molar-refractivity contribution >= 4 is 38.6 Å². The molecule has 0 heterocycles. The van der Waals surface area contributed by atoms with Crippen LogP contribution in [0.5, 0.6) is 5.75 Å². The van der Waals surface area contributed by atoms with Crippen molar-refractivity contribution in [2.24, 2.45) is 5.10 Å². The average molecular weight is 411 g/mol. The van der Waals surface area contributed by atoms with Crippen LogP contribution in [0, 0.1) is 6.92 Å². The van der Waals surface area contributed by atoms with Crippen molar-refractivity contribution < 1.29 is 18.3 Å². The molecule has 0 spiro atoms. The minimum Gasteiger partial charge on any atom is -0.507 e. The number of phenolic OH excluding ortho intramolecular Hbond substituents is 1. The van der Waals surface area contributed by atoms with E-state index < -0.39 is 22.5 Å². The Morgan fingerprint density at radius 2 is 1.79 bits per heavy atom. The van der Waals surface area contributed by atoms with Gasteiger partial charge in [-0.25, -0.2) is 13.8 Å². The Bertz CT molecular complexity index is 1170. The highest BCUT2D eigenvalue weighted by Crippen LogP contribution is 2.25. The molecule has 3 aromatic rings. The van der Waals surface area contributed by atoms with Gasteiger partial charge in [0.1, 0.15) is 12.3 Å². The number of fused-ring (bicyclic) bond motifs is 1. The third-order valence-electron chi connectivity index (χ3n) is 4.34. The van der Waals surface area contributed by atoms with Crippen LogP contribution in [0.15, 0.2) is 65.8 Å². The van der Waals surface area contributed by atoms with Gasteiger partial charge in [0.15, 0.2) is 0 Å². The van der Waals surface area contributed by atoms with Crippen molar-refractivity contribution in [1.29, 1.82) is 0 Å². The van der Waals surface area contributed by atoms with Gasteiger partial charge < -0.3 is 5.11 Å². The van der Waals surface area contributed by atoms with E-state index in [2.05, 4.69) is 10.5 Å². The molecule has 0 aliphatic carbocycles. The average Bonchev–Trinajstić information content (AvgIpc) is 2.68. The van der Waals surface area contributed by atoms with Crippen molar-refractivity contribution in [2.45, 2.75) is 6.92 Å². The van der Waals surface area contributed by atoms with Gasteiger partial charge in [0.2, 0.25) is 10.0 Å². The number of aryl methyl sites for hydroxylation is 1. The Balaban J connectivity index is 1.76. The molecule has 0 aromatic heterocycles. The molecular formula is C21H21N3O4S. The van der Waals surface area contributed by atoms with Crippen LogP contribution in [0.1, 0.15) is 11.1 Å². The van der Waals surface area contributed by atoms with E-state index in [0.29, 0.717) is 11.3 Å². The molecule has 0 aliphatic rings. The largest absolute Gasteiger partial charge is 0.507 e. The van der Waals surface area contributed by atoms with E-state index >= 15 is 0 Å². The Morgan fingerprint density at radius 1 is 1.10 bits per heavy atom. The normalized spacial score (nSPS) is 11.7. The molecule has 0 fully saturated rings. The number of amides is 1. The first-order chi connectivity index (χ1) is 13.8. The second-order valence-corrected chi connectivity index (χ2v) is 8.52. The lowest BCUT2D eigenvalue weighted by Crippen LogP contribution is -2.39. The van der Waals surface area contributed by atoms with Crippen LogP contribution in [0.25, 0.3) is 10.8 Å². The summed E-state index contributed by atoms with van der Waals surface area (Å²) < 4.78 is 25.2. The number of sulfonamides is 1. The van der Waals surface area contributed by atoms with Gasteiger partial charge >= 0.3 is 0 Å². The highest BCUT2D eigenvalue weighted by Gasteiger charge is 2.20. The summed E-state index contributed by atoms with van der Waals surface area (Å²) in [5.41, 5.74) is 4.15. The SMILES string of the molecule is Cc1ccc(N(CC(=O)N/N=C\c2c(O)ccc3ccccc23)S(C)(=O)=O)cc1. The molecule has 0 unspecified atom stereocenters. The lowest BCUT2D eigenvalue weighted by Gasteiger charge is -2.21. The summed E-state index contributed by atoms with van der Waals surface area (Å²) in [5.74, 6) is -0.578. The summed E-state index contributed by atoms with van der Waals surface area (Å²) in [5, 5.41) is 15.7. The van der Waals surface area contributed by atoms with Crippen LogP contribution in [0.4, 0.5) is 5.69 Å². The van der Waals surface area contributed by atoms with Crippen LogP contribution < -0.4 is 9.73 Å². The van der Waals surface area contributed by atoms with E-state index in [9.17, 15) is 18.3 Å². The minimum atomic E-state index is -3.66. The number of phenols is 1. The molecule has 0 atom stereocenters. The van der Waals surface area contributed by atoms with Gasteiger partial charge in [-0.2, -0.15) is 5.10 Å². The predicted molar refractivity (Wildman–Crippen MR) is 115 cm³/mol. The summed E-state index contributed by atoms with van der Waals surface area (Å²) in [7, 11) is -3.66. The molecule has 3 aromatic carbocycles. The van der Waals surface area contributed by atoms with Gasteiger partial charge in [0.05, 0.1) is 18.2 Å². The number of benzene rings is 3. The first-order valence-corrected chi connectivity index (χ1v) is 10.7. The van der Waals surface area contributed by atoms with E-state index in [0.717, 1.165) is 26.9 Å². The quantitative estimate of drug-likeness (QED) is 0.481. The van der Waals surface area contributed by atoms with Gasteiger partial charge in [-0.05, 0) is 35.9 Å². The zero-order valence-electron chi connectivity index (χ0n) is 16.0. The number of hydrazone groups is 1. The van der Waals surface area contributed by atoms with Gasteiger partial charge in [0, 0.05) is 5.56 Å². The number of nitrogens with zero attached hydrogens (tertiary/aromatic N) is 2. The van der Waals surface area contributed by atoms with Crippen LogP contribution in [0.2, 0.25) is 0 Å². The number of hydrogen-bond donors (Lipinski definition) is 2. The molecule has 0 saturated carbocycles. The smallest absolute Gasteiger partial charge is 0.260 e. The predicted octanol–water partition coefficient (Wildman–Crippen LogP) is 2.77. The van der Waals surface area contributed by atoms with Crippen LogP contribution in [0.3, 0.4) is 0 Å².